The topological polar surface area (TPSA) is 122 Å². The smallest absolute Gasteiger partial charge is 0.238 e. The molecule has 0 saturated carbocycles. The van der Waals surface area contributed by atoms with E-state index in [4.69, 9.17) is 17.4 Å². The molecule has 40 heavy (non-hydrogen) atoms. The summed E-state index contributed by atoms with van der Waals surface area (Å²) >= 11 is 5.35. The summed E-state index contributed by atoms with van der Waals surface area (Å²) in [6.45, 7) is 6.82. The molecule has 4 N–H and O–H groups in total. The van der Waals surface area contributed by atoms with Gasteiger partial charge < -0.3 is 15.0 Å². The van der Waals surface area contributed by atoms with Crippen molar-refractivity contribution in [1.29, 1.82) is 0 Å². The number of benzene rings is 4. The van der Waals surface area contributed by atoms with Gasteiger partial charge in [-0.1, -0.05) is 63.2 Å². The Morgan fingerprint density at radius 1 is 0.975 bits per heavy atom. The Balaban J connectivity index is 1.50. The maximum Gasteiger partial charge on any atom is 0.238 e. The second-order valence-corrected chi connectivity index (χ2v) is 12.6. The molecule has 0 aliphatic rings. The first kappa shape index (κ1) is 27.4. The molecular formula is C30H29N5O3S2. The molecule has 0 radical (unpaired) electrons. The highest BCUT2D eigenvalue weighted by atomic mass is 32.2. The molecule has 0 unspecified atom stereocenters. The van der Waals surface area contributed by atoms with Gasteiger partial charge in [0.25, 0.3) is 0 Å². The Labute approximate surface area is 238 Å². The average Bonchev–Trinajstić information content (AvgIpc) is 3.16. The second kappa shape index (κ2) is 10.5. The third-order valence-corrected chi connectivity index (χ3v) is 7.82. The number of sulfonamides is 1. The Morgan fingerprint density at radius 2 is 1.68 bits per heavy atom. The summed E-state index contributed by atoms with van der Waals surface area (Å²) in [5.41, 5.74) is 3.68. The summed E-state index contributed by atoms with van der Waals surface area (Å²) < 4.78 is 24.8. The summed E-state index contributed by atoms with van der Waals surface area (Å²) in [7, 11) is -3.80. The lowest BCUT2D eigenvalue weighted by Gasteiger charge is -2.19. The molecule has 0 aliphatic heterocycles. The van der Waals surface area contributed by atoms with E-state index in [1.165, 1.54) is 24.3 Å². The van der Waals surface area contributed by atoms with Crippen LogP contribution in [0.4, 0.5) is 11.4 Å². The summed E-state index contributed by atoms with van der Waals surface area (Å²) in [6.07, 6.45) is 0. The number of primary sulfonamides is 1. The molecule has 8 nitrogen and oxygen atoms in total. The number of fused-ring (bicyclic) bond motifs is 2. The van der Waals surface area contributed by atoms with E-state index in [0.717, 1.165) is 32.8 Å². The number of hydrogen-bond donors (Lipinski definition) is 3. The fourth-order valence-corrected chi connectivity index (χ4v) is 5.21. The largest absolute Gasteiger partial charge is 0.493 e. The van der Waals surface area contributed by atoms with Gasteiger partial charge in [-0.2, -0.15) is 0 Å². The third-order valence-electron chi connectivity index (χ3n) is 6.71. The molecule has 0 spiro atoms. The van der Waals surface area contributed by atoms with E-state index in [1.807, 2.05) is 28.8 Å². The van der Waals surface area contributed by atoms with Crippen LogP contribution in [0.3, 0.4) is 0 Å². The predicted molar refractivity (Wildman–Crippen MR) is 164 cm³/mol. The minimum atomic E-state index is -3.80. The number of aromatic nitrogens is 1. The molecule has 204 valence electrons. The van der Waals surface area contributed by atoms with Crippen LogP contribution in [0, 0.1) is 0 Å². The number of hydrogen-bond acceptors (Lipinski definition) is 5. The zero-order chi connectivity index (χ0) is 28.7. The molecule has 0 fully saturated rings. The van der Waals surface area contributed by atoms with Crippen LogP contribution in [0.2, 0.25) is 0 Å². The summed E-state index contributed by atoms with van der Waals surface area (Å²) in [5.74, 6) is -0.0155. The van der Waals surface area contributed by atoms with E-state index in [-0.39, 0.29) is 21.3 Å². The number of azo groups is 1. The zero-order valence-corrected chi connectivity index (χ0v) is 23.9. The number of rotatable bonds is 5. The van der Waals surface area contributed by atoms with Gasteiger partial charge in [-0.15, -0.1) is 10.2 Å². The van der Waals surface area contributed by atoms with E-state index in [9.17, 15) is 13.5 Å². The van der Waals surface area contributed by atoms with Gasteiger partial charge in [-0.25, -0.2) is 13.6 Å². The normalized spacial score (nSPS) is 12.4. The van der Waals surface area contributed by atoms with Crippen LogP contribution in [-0.4, -0.2) is 23.2 Å². The fraction of sp³-hybridized carbons (Fsp3) is 0.167. The van der Waals surface area contributed by atoms with Gasteiger partial charge in [0, 0.05) is 11.1 Å². The Bertz CT molecular complexity index is 1890. The molecule has 0 aliphatic carbocycles. The summed E-state index contributed by atoms with van der Waals surface area (Å²) in [6, 6.07) is 26.3. The van der Waals surface area contributed by atoms with E-state index in [0.29, 0.717) is 17.9 Å². The predicted octanol–water partition coefficient (Wildman–Crippen LogP) is 6.97. The van der Waals surface area contributed by atoms with Gasteiger partial charge >= 0.3 is 0 Å². The van der Waals surface area contributed by atoms with Crippen molar-refractivity contribution in [2.45, 2.75) is 37.6 Å². The molecule has 0 saturated heterocycles. The number of nitrogens with zero attached hydrogens (tertiary/aromatic N) is 3. The van der Waals surface area contributed by atoms with Gasteiger partial charge in [0.1, 0.15) is 0 Å². The molecule has 5 aromatic rings. The quantitative estimate of drug-likeness (QED) is 0.155. The van der Waals surface area contributed by atoms with E-state index in [2.05, 4.69) is 72.7 Å². The standard InChI is InChI=1S/C30H29N5O3S2/c1-30(2,3)22-10-15-26-25(17-22)27(33-34-29(39)32-23-11-13-24(14-12-23)40(31,37)38)28(36)35(26)18-19-8-9-20-6-4-5-7-21(20)16-19/h4-17,36H,18H2,1-3H3,(H,32,39)(H2,31,37,38). The molecule has 0 bridgehead atoms. The lowest BCUT2D eigenvalue weighted by Crippen LogP contribution is -2.12. The Morgan fingerprint density at radius 3 is 2.35 bits per heavy atom. The molecule has 1 aromatic heterocycles. The van der Waals surface area contributed by atoms with Gasteiger partial charge in [-0.05, 0) is 82.0 Å². The van der Waals surface area contributed by atoms with E-state index < -0.39 is 10.0 Å². The molecule has 0 amide bonds. The van der Waals surface area contributed by atoms with Crippen LogP contribution < -0.4 is 10.5 Å². The number of nitrogens with two attached hydrogens (primary N) is 1. The zero-order valence-electron chi connectivity index (χ0n) is 22.3. The fourth-order valence-electron chi connectivity index (χ4n) is 4.54. The number of nitrogens with one attached hydrogen (secondary N) is 1. The van der Waals surface area contributed by atoms with Gasteiger partial charge in [-0.3, -0.25) is 0 Å². The number of anilines is 1. The van der Waals surface area contributed by atoms with Crippen molar-refractivity contribution in [3.05, 3.63) is 96.1 Å². The van der Waals surface area contributed by atoms with Crippen LogP contribution in [0.1, 0.15) is 31.9 Å². The van der Waals surface area contributed by atoms with Crippen molar-refractivity contribution in [1.82, 2.24) is 4.57 Å². The lowest BCUT2D eigenvalue weighted by atomic mass is 9.86. The first-order chi connectivity index (χ1) is 18.9. The highest BCUT2D eigenvalue weighted by Gasteiger charge is 2.21. The highest BCUT2D eigenvalue weighted by molar-refractivity contribution is 7.89. The maximum absolute atomic E-state index is 11.5. The molecule has 1 heterocycles. The van der Waals surface area contributed by atoms with Crippen LogP contribution in [0.5, 0.6) is 5.88 Å². The molecule has 10 heteroatoms. The average molecular weight is 572 g/mol. The lowest BCUT2D eigenvalue weighted by molar-refractivity contribution is 0.429. The maximum atomic E-state index is 11.5. The van der Waals surface area contributed by atoms with Crippen molar-refractivity contribution >= 4 is 60.4 Å². The number of thiocarbonyl (C=S) groups is 1. The molecule has 0 atom stereocenters. The monoisotopic (exact) mass is 571 g/mol. The first-order valence-corrected chi connectivity index (χ1v) is 14.5. The van der Waals surface area contributed by atoms with Crippen LogP contribution in [0.15, 0.2) is 100 Å². The van der Waals surface area contributed by atoms with Gasteiger partial charge in [0.2, 0.25) is 21.0 Å². The SMILES string of the molecule is CC(C)(C)c1ccc2c(c1)c(N=NC(=S)Nc1ccc(S(N)(=O)=O)cc1)c(O)n2Cc1ccc2ccccc2c1. The van der Waals surface area contributed by atoms with Crippen molar-refractivity contribution in [3.63, 3.8) is 0 Å². The Hall–Kier alpha value is -4.12. The number of aromatic hydroxyl groups is 1. The molecule has 5 rings (SSSR count). The minimum Gasteiger partial charge on any atom is -0.493 e. The van der Waals surface area contributed by atoms with Crippen molar-refractivity contribution in [2.24, 2.45) is 15.4 Å². The highest BCUT2D eigenvalue weighted by Crippen LogP contribution is 2.41. The van der Waals surface area contributed by atoms with Crippen molar-refractivity contribution in [3.8, 4) is 5.88 Å². The van der Waals surface area contributed by atoms with Crippen LogP contribution in [-0.2, 0) is 22.0 Å². The third kappa shape index (κ3) is 5.74. The first-order valence-electron chi connectivity index (χ1n) is 12.6. The van der Waals surface area contributed by atoms with E-state index in [1.54, 1.807) is 0 Å². The van der Waals surface area contributed by atoms with Crippen LogP contribution >= 0.6 is 12.2 Å². The Kier molecular flexibility index (Phi) is 7.17. The molecular weight excluding hydrogens is 542 g/mol. The minimum absolute atomic E-state index is 0.00982. The van der Waals surface area contributed by atoms with Crippen LogP contribution in [0.25, 0.3) is 21.7 Å². The summed E-state index contributed by atoms with van der Waals surface area (Å²) in [4.78, 5) is -0.00982. The van der Waals surface area contributed by atoms with Crippen molar-refractivity contribution < 1.29 is 13.5 Å². The van der Waals surface area contributed by atoms with Crippen molar-refractivity contribution in [2.75, 3.05) is 5.32 Å². The van der Waals surface area contributed by atoms with Gasteiger partial charge in [0.15, 0.2) is 5.69 Å². The second-order valence-electron chi connectivity index (χ2n) is 10.6. The molecule has 4 aromatic carbocycles. The van der Waals surface area contributed by atoms with Gasteiger partial charge in [0.05, 0.1) is 17.0 Å². The van der Waals surface area contributed by atoms with E-state index >= 15 is 0 Å². The summed E-state index contributed by atoms with van der Waals surface area (Å²) in [5, 5.41) is 31.0.